The first-order chi connectivity index (χ1) is 9.80. The molecule has 0 aliphatic carbocycles. The van der Waals surface area contributed by atoms with Crippen molar-refractivity contribution in [2.45, 2.75) is 17.5 Å². The number of hydrogen-bond donors (Lipinski definition) is 2. The predicted molar refractivity (Wildman–Crippen MR) is 86.3 cm³/mol. The van der Waals surface area contributed by atoms with Crippen LogP contribution in [0.2, 0.25) is 0 Å². The number of halogens is 1. The van der Waals surface area contributed by atoms with Gasteiger partial charge in [-0.1, -0.05) is 18.2 Å². The molecule has 22 heavy (non-hydrogen) atoms. The highest BCUT2D eigenvalue weighted by atomic mass is 35.5. The van der Waals surface area contributed by atoms with Crippen molar-refractivity contribution in [1.82, 2.24) is 9.62 Å². The molecule has 1 aromatic rings. The van der Waals surface area contributed by atoms with Crippen LogP contribution >= 0.6 is 12.4 Å². The van der Waals surface area contributed by atoms with E-state index in [1.165, 1.54) is 27.3 Å². The van der Waals surface area contributed by atoms with Gasteiger partial charge in [0.05, 0.1) is 11.5 Å². The van der Waals surface area contributed by atoms with Gasteiger partial charge in [-0.25, -0.2) is 12.7 Å². The second kappa shape index (κ2) is 9.06. The zero-order valence-corrected chi connectivity index (χ0v) is 14.4. The van der Waals surface area contributed by atoms with Crippen LogP contribution in [-0.2, 0) is 26.1 Å². The average molecular weight is 352 g/mol. The third-order valence-electron chi connectivity index (χ3n) is 2.87. The summed E-state index contributed by atoms with van der Waals surface area (Å²) in [5, 5.41) is 2.61. The maximum Gasteiger partial charge on any atom is 0.242 e. The summed E-state index contributed by atoms with van der Waals surface area (Å²) in [6, 6.07) is 5.72. The molecule has 0 saturated heterocycles. The number of rotatable bonds is 7. The first-order valence-electron chi connectivity index (χ1n) is 6.33. The first-order valence-corrected chi connectivity index (χ1v) is 7.77. The molecule has 0 aliphatic heterocycles. The average Bonchev–Trinajstić information content (AvgIpc) is 2.45. The van der Waals surface area contributed by atoms with Crippen molar-refractivity contribution < 1.29 is 17.9 Å². The Hall–Kier alpha value is -1.19. The minimum Gasteiger partial charge on any atom is -0.383 e. The summed E-state index contributed by atoms with van der Waals surface area (Å²) in [6.45, 7) is 0.183. The minimum absolute atomic E-state index is 0. The fraction of sp³-hybridized carbons (Fsp3) is 0.462. The molecule has 1 atom stereocenters. The van der Waals surface area contributed by atoms with Gasteiger partial charge in [-0.2, -0.15) is 0 Å². The normalized spacial score (nSPS) is 12.6. The Balaban J connectivity index is 0.00000441. The molecule has 9 heteroatoms. The molecule has 0 bridgehead atoms. The van der Waals surface area contributed by atoms with E-state index >= 15 is 0 Å². The topological polar surface area (TPSA) is 102 Å². The number of nitrogens with one attached hydrogen (secondary N) is 1. The summed E-state index contributed by atoms with van der Waals surface area (Å²) in [5.41, 5.74) is 6.10. The molecule has 0 radical (unpaired) electrons. The lowest BCUT2D eigenvalue weighted by atomic mass is 10.2. The van der Waals surface area contributed by atoms with Gasteiger partial charge in [-0.3, -0.25) is 4.79 Å². The molecule has 0 spiro atoms. The fourth-order valence-electron chi connectivity index (χ4n) is 1.67. The predicted octanol–water partition coefficient (Wildman–Crippen LogP) is -0.0514. The molecule has 3 N–H and O–H groups in total. The van der Waals surface area contributed by atoms with Crippen LogP contribution in [0.25, 0.3) is 0 Å². The Morgan fingerprint density at radius 3 is 2.50 bits per heavy atom. The summed E-state index contributed by atoms with van der Waals surface area (Å²) in [7, 11) is 0.806. The number of carbonyl (C=O) groups excluding carboxylic acids is 1. The summed E-state index contributed by atoms with van der Waals surface area (Å²) < 4.78 is 30.3. The number of sulfonamides is 1. The second-order valence-corrected chi connectivity index (χ2v) is 6.80. The number of benzene rings is 1. The van der Waals surface area contributed by atoms with Crippen molar-refractivity contribution in [2.75, 3.05) is 27.8 Å². The van der Waals surface area contributed by atoms with Crippen LogP contribution in [0.5, 0.6) is 0 Å². The zero-order valence-electron chi connectivity index (χ0n) is 12.8. The van der Waals surface area contributed by atoms with Crippen LogP contribution in [0.4, 0.5) is 0 Å². The van der Waals surface area contributed by atoms with Gasteiger partial charge in [0, 0.05) is 27.7 Å². The van der Waals surface area contributed by atoms with Crippen molar-refractivity contribution in [3.8, 4) is 0 Å². The molecule has 1 unspecified atom stereocenters. The highest BCUT2D eigenvalue weighted by Gasteiger charge is 2.21. The largest absolute Gasteiger partial charge is 0.383 e. The minimum atomic E-state index is -3.56. The maximum absolute atomic E-state index is 12.2. The molecule has 0 aliphatic rings. The van der Waals surface area contributed by atoms with E-state index in [1.54, 1.807) is 18.2 Å². The molecule has 1 amide bonds. The second-order valence-electron chi connectivity index (χ2n) is 4.67. The van der Waals surface area contributed by atoms with Gasteiger partial charge in [0.2, 0.25) is 15.9 Å². The molecule has 126 valence electrons. The fourth-order valence-corrected chi connectivity index (χ4v) is 2.78. The number of amides is 1. The lowest BCUT2D eigenvalue weighted by molar-refractivity contribution is -0.123. The Labute approximate surface area is 137 Å². The number of carbonyl (C=O) groups is 1. The standard InChI is InChI=1S/C13H21N3O4S.ClH/c1-16(2)21(18,19)12-7-5-4-6-10(12)8-15-13(17)11(14)9-20-3;/h4-7,11H,8-9,14H2,1-3H3,(H,15,17);1H. The van der Waals surface area contributed by atoms with E-state index in [4.69, 9.17) is 10.5 Å². The van der Waals surface area contributed by atoms with E-state index in [9.17, 15) is 13.2 Å². The Bertz CT molecular complexity index is 593. The molecular formula is C13H22ClN3O4S. The van der Waals surface area contributed by atoms with Crippen LogP contribution in [0.1, 0.15) is 5.56 Å². The number of hydrogen-bond acceptors (Lipinski definition) is 5. The van der Waals surface area contributed by atoms with E-state index in [1.807, 2.05) is 0 Å². The molecule has 1 aromatic carbocycles. The van der Waals surface area contributed by atoms with E-state index in [2.05, 4.69) is 5.32 Å². The molecule has 1 rings (SSSR count). The number of ether oxygens (including phenoxy) is 1. The van der Waals surface area contributed by atoms with Crippen LogP contribution in [0, 0.1) is 0 Å². The quantitative estimate of drug-likeness (QED) is 0.717. The third-order valence-corrected chi connectivity index (χ3v) is 4.78. The Morgan fingerprint density at radius 1 is 1.36 bits per heavy atom. The van der Waals surface area contributed by atoms with E-state index in [0.29, 0.717) is 5.56 Å². The molecule has 7 nitrogen and oxygen atoms in total. The van der Waals surface area contributed by atoms with Gasteiger partial charge < -0.3 is 15.8 Å². The van der Waals surface area contributed by atoms with Crippen LogP contribution in [-0.4, -0.2) is 52.5 Å². The van der Waals surface area contributed by atoms with E-state index in [0.717, 1.165) is 4.31 Å². The van der Waals surface area contributed by atoms with Crippen LogP contribution in [0.3, 0.4) is 0 Å². The highest BCUT2D eigenvalue weighted by Crippen LogP contribution is 2.18. The molecule has 0 fully saturated rings. The monoisotopic (exact) mass is 351 g/mol. The van der Waals surface area contributed by atoms with Gasteiger partial charge in [-0.05, 0) is 11.6 Å². The maximum atomic E-state index is 12.2. The SMILES string of the molecule is COCC(N)C(=O)NCc1ccccc1S(=O)(=O)N(C)C.Cl. The van der Waals surface area contributed by atoms with Crippen molar-refractivity contribution in [3.05, 3.63) is 29.8 Å². The van der Waals surface area contributed by atoms with Crippen molar-refractivity contribution in [2.24, 2.45) is 5.73 Å². The highest BCUT2D eigenvalue weighted by molar-refractivity contribution is 7.89. The van der Waals surface area contributed by atoms with Gasteiger partial charge in [0.15, 0.2) is 0 Å². The van der Waals surface area contributed by atoms with Crippen LogP contribution < -0.4 is 11.1 Å². The first kappa shape index (κ1) is 20.8. The Kier molecular flexibility index (Phi) is 8.57. The summed E-state index contributed by atoms with van der Waals surface area (Å²) in [4.78, 5) is 11.9. The number of nitrogens with zero attached hydrogens (tertiary/aromatic N) is 1. The molecule has 0 aromatic heterocycles. The Morgan fingerprint density at radius 2 is 1.95 bits per heavy atom. The molecule has 0 heterocycles. The summed E-state index contributed by atoms with van der Waals surface area (Å²) in [5.74, 6) is -0.395. The number of nitrogens with two attached hydrogens (primary N) is 1. The summed E-state index contributed by atoms with van der Waals surface area (Å²) >= 11 is 0. The van der Waals surface area contributed by atoms with Gasteiger partial charge in [-0.15, -0.1) is 12.4 Å². The zero-order chi connectivity index (χ0) is 16.0. The molecule has 0 saturated carbocycles. The van der Waals surface area contributed by atoms with Gasteiger partial charge in [0.25, 0.3) is 0 Å². The van der Waals surface area contributed by atoms with E-state index in [-0.39, 0.29) is 30.5 Å². The van der Waals surface area contributed by atoms with Crippen molar-refractivity contribution >= 4 is 28.3 Å². The van der Waals surface area contributed by atoms with Gasteiger partial charge in [0.1, 0.15) is 6.04 Å². The lowest BCUT2D eigenvalue weighted by Gasteiger charge is -2.16. The van der Waals surface area contributed by atoms with Crippen LogP contribution in [0.15, 0.2) is 29.2 Å². The summed E-state index contributed by atoms with van der Waals surface area (Å²) in [6.07, 6.45) is 0. The molecular weight excluding hydrogens is 330 g/mol. The van der Waals surface area contributed by atoms with Crippen molar-refractivity contribution in [1.29, 1.82) is 0 Å². The smallest absolute Gasteiger partial charge is 0.242 e. The van der Waals surface area contributed by atoms with Gasteiger partial charge >= 0.3 is 0 Å². The lowest BCUT2D eigenvalue weighted by Crippen LogP contribution is -2.43. The van der Waals surface area contributed by atoms with Crippen molar-refractivity contribution in [3.63, 3.8) is 0 Å². The third kappa shape index (κ3) is 5.22. The van der Waals surface area contributed by atoms with E-state index < -0.39 is 22.0 Å². The number of methoxy groups -OCH3 is 1.